The molecule has 19 heavy (non-hydrogen) atoms. The highest BCUT2D eigenvalue weighted by atomic mass is 79.9. The molecule has 1 fully saturated rings. The molecule has 1 aliphatic heterocycles. The minimum absolute atomic E-state index is 0.0589. The largest absolute Gasteiger partial charge is 0.374 e. The van der Waals surface area contributed by atoms with Gasteiger partial charge in [0.15, 0.2) is 0 Å². The second kappa shape index (κ2) is 6.54. The van der Waals surface area contributed by atoms with E-state index in [0.717, 1.165) is 17.6 Å². The quantitative estimate of drug-likeness (QED) is 0.881. The summed E-state index contributed by atoms with van der Waals surface area (Å²) in [7, 11) is 0. The van der Waals surface area contributed by atoms with E-state index in [1.165, 1.54) is 0 Å². The fraction of sp³-hybridized carbons (Fsp3) is 0.615. The number of nitrogens with zero attached hydrogens (tertiary/aromatic N) is 1. The van der Waals surface area contributed by atoms with Gasteiger partial charge in [-0.1, -0.05) is 0 Å². The Bertz CT molecular complexity index is 439. The standard InChI is InChI=1S/C13H20BrN3O2/c1-9(2)17-8-10(14)5-12(17)13(18)16-7-11-6-15-3-4-19-11/h5,8-9,11,15H,3-4,6-7H2,1-2H3,(H,16,18). The Morgan fingerprint density at radius 2 is 2.47 bits per heavy atom. The number of halogens is 1. The topological polar surface area (TPSA) is 55.3 Å². The van der Waals surface area contributed by atoms with Crippen molar-refractivity contribution in [2.24, 2.45) is 0 Å². The molecule has 1 saturated heterocycles. The predicted octanol–water partition coefficient (Wildman–Crippen LogP) is 1.55. The minimum atomic E-state index is -0.0615. The number of amides is 1. The van der Waals surface area contributed by atoms with Crippen molar-refractivity contribution < 1.29 is 9.53 Å². The van der Waals surface area contributed by atoms with Crippen LogP contribution in [0.1, 0.15) is 30.4 Å². The molecule has 106 valence electrons. The molecule has 2 N–H and O–H groups in total. The van der Waals surface area contributed by atoms with Gasteiger partial charge in [-0.15, -0.1) is 0 Å². The maximum absolute atomic E-state index is 12.2. The lowest BCUT2D eigenvalue weighted by Crippen LogP contribution is -2.45. The number of hydrogen-bond donors (Lipinski definition) is 2. The van der Waals surface area contributed by atoms with Gasteiger partial charge in [0.25, 0.3) is 5.91 Å². The Morgan fingerprint density at radius 1 is 1.68 bits per heavy atom. The van der Waals surface area contributed by atoms with Gasteiger partial charge in [0.05, 0.1) is 12.7 Å². The van der Waals surface area contributed by atoms with Crippen LogP contribution in [-0.4, -0.2) is 42.8 Å². The van der Waals surface area contributed by atoms with E-state index >= 15 is 0 Å². The molecule has 5 nitrogen and oxygen atoms in total. The zero-order valence-electron chi connectivity index (χ0n) is 11.3. The summed E-state index contributed by atoms with van der Waals surface area (Å²) >= 11 is 3.41. The molecule has 0 bridgehead atoms. The van der Waals surface area contributed by atoms with Crippen LogP contribution in [0.3, 0.4) is 0 Å². The van der Waals surface area contributed by atoms with Gasteiger partial charge in [0.2, 0.25) is 0 Å². The molecule has 1 amide bonds. The molecule has 0 aliphatic carbocycles. The van der Waals surface area contributed by atoms with E-state index < -0.39 is 0 Å². The Balaban J connectivity index is 1.95. The average molecular weight is 330 g/mol. The fourth-order valence-electron chi connectivity index (χ4n) is 2.10. The SMILES string of the molecule is CC(C)n1cc(Br)cc1C(=O)NCC1CNCCO1. The van der Waals surface area contributed by atoms with Gasteiger partial charge in [-0.2, -0.15) is 0 Å². The van der Waals surface area contributed by atoms with Gasteiger partial charge < -0.3 is 19.9 Å². The first-order chi connectivity index (χ1) is 9.08. The van der Waals surface area contributed by atoms with Crippen molar-refractivity contribution in [2.45, 2.75) is 26.0 Å². The molecule has 2 heterocycles. The van der Waals surface area contributed by atoms with Crippen LogP contribution in [0.25, 0.3) is 0 Å². The molecular weight excluding hydrogens is 310 g/mol. The van der Waals surface area contributed by atoms with Gasteiger partial charge in [-0.25, -0.2) is 0 Å². The van der Waals surface area contributed by atoms with Gasteiger partial charge in [-0.05, 0) is 35.8 Å². The Labute approximate surface area is 121 Å². The number of morpholine rings is 1. The first-order valence-corrected chi connectivity index (χ1v) is 7.35. The number of aromatic nitrogens is 1. The zero-order valence-corrected chi connectivity index (χ0v) is 12.9. The summed E-state index contributed by atoms with van der Waals surface area (Å²) in [6.45, 7) is 7.01. The van der Waals surface area contributed by atoms with Gasteiger partial charge in [0, 0.05) is 36.3 Å². The van der Waals surface area contributed by atoms with E-state index in [1.807, 2.05) is 16.8 Å². The van der Waals surface area contributed by atoms with Crippen molar-refractivity contribution in [3.05, 3.63) is 22.4 Å². The van der Waals surface area contributed by atoms with Gasteiger partial charge in [-0.3, -0.25) is 4.79 Å². The molecule has 1 unspecified atom stereocenters. The van der Waals surface area contributed by atoms with Crippen molar-refractivity contribution in [1.29, 1.82) is 0 Å². The third kappa shape index (κ3) is 3.81. The van der Waals surface area contributed by atoms with Crippen molar-refractivity contribution in [1.82, 2.24) is 15.2 Å². The molecule has 0 aromatic carbocycles. The summed E-state index contributed by atoms with van der Waals surface area (Å²) in [5.74, 6) is -0.0615. The Morgan fingerprint density at radius 3 is 3.11 bits per heavy atom. The summed E-state index contributed by atoms with van der Waals surface area (Å²) in [4.78, 5) is 12.2. The number of ether oxygens (including phenoxy) is 1. The summed E-state index contributed by atoms with van der Waals surface area (Å²) in [5, 5.41) is 6.17. The van der Waals surface area contributed by atoms with Crippen molar-refractivity contribution >= 4 is 21.8 Å². The maximum atomic E-state index is 12.2. The lowest BCUT2D eigenvalue weighted by Gasteiger charge is -2.24. The smallest absolute Gasteiger partial charge is 0.268 e. The minimum Gasteiger partial charge on any atom is -0.374 e. The molecule has 2 rings (SSSR count). The van der Waals surface area contributed by atoms with E-state index in [2.05, 4.69) is 40.4 Å². The summed E-state index contributed by atoms with van der Waals surface area (Å²) in [5.41, 5.74) is 0.672. The average Bonchev–Trinajstić information content (AvgIpc) is 2.79. The highest BCUT2D eigenvalue weighted by molar-refractivity contribution is 9.10. The molecule has 0 spiro atoms. The van der Waals surface area contributed by atoms with Crippen LogP contribution in [0.5, 0.6) is 0 Å². The molecule has 0 radical (unpaired) electrons. The lowest BCUT2D eigenvalue weighted by molar-refractivity contribution is 0.0286. The molecule has 1 aromatic rings. The summed E-state index contributed by atoms with van der Waals surface area (Å²) < 4.78 is 8.43. The third-order valence-electron chi connectivity index (χ3n) is 3.10. The first kappa shape index (κ1) is 14.6. The molecule has 6 heteroatoms. The second-order valence-corrected chi connectivity index (χ2v) is 5.87. The predicted molar refractivity (Wildman–Crippen MR) is 77.5 cm³/mol. The fourth-order valence-corrected chi connectivity index (χ4v) is 2.54. The Hall–Kier alpha value is -0.850. The molecule has 1 atom stereocenters. The Kier molecular flexibility index (Phi) is 5.01. The summed E-state index contributed by atoms with van der Waals surface area (Å²) in [6, 6.07) is 2.09. The summed E-state index contributed by atoms with van der Waals surface area (Å²) in [6.07, 6.45) is 1.99. The van der Waals surface area contributed by atoms with Gasteiger partial charge >= 0.3 is 0 Å². The van der Waals surface area contributed by atoms with Crippen molar-refractivity contribution in [2.75, 3.05) is 26.2 Å². The van der Waals surface area contributed by atoms with E-state index in [0.29, 0.717) is 18.8 Å². The van der Waals surface area contributed by atoms with Crippen LogP contribution >= 0.6 is 15.9 Å². The zero-order chi connectivity index (χ0) is 13.8. The maximum Gasteiger partial charge on any atom is 0.268 e. The highest BCUT2D eigenvalue weighted by Gasteiger charge is 2.18. The number of carbonyl (C=O) groups is 1. The van der Waals surface area contributed by atoms with E-state index in [-0.39, 0.29) is 18.1 Å². The highest BCUT2D eigenvalue weighted by Crippen LogP contribution is 2.19. The number of rotatable bonds is 4. The van der Waals surface area contributed by atoms with Crippen LogP contribution in [0.4, 0.5) is 0 Å². The van der Waals surface area contributed by atoms with Crippen LogP contribution in [0.2, 0.25) is 0 Å². The van der Waals surface area contributed by atoms with Crippen molar-refractivity contribution in [3.63, 3.8) is 0 Å². The van der Waals surface area contributed by atoms with E-state index in [4.69, 9.17) is 4.74 Å². The first-order valence-electron chi connectivity index (χ1n) is 6.56. The third-order valence-corrected chi connectivity index (χ3v) is 3.53. The monoisotopic (exact) mass is 329 g/mol. The molecule has 0 saturated carbocycles. The van der Waals surface area contributed by atoms with Crippen LogP contribution in [-0.2, 0) is 4.74 Å². The van der Waals surface area contributed by atoms with Crippen LogP contribution < -0.4 is 10.6 Å². The van der Waals surface area contributed by atoms with E-state index in [1.54, 1.807) is 0 Å². The van der Waals surface area contributed by atoms with Crippen LogP contribution in [0.15, 0.2) is 16.7 Å². The number of hydrogen-bond acceptors (Lipinski definition) is 3. The molecule has 1 aromatic heterocycles. The second-order valence-electron chi connectivity index (χ2n) is 4.95. The number of nitrogens with one attached hydrogen (secondary N) is 2. The number of carbonyl (C=O) groups excluding carboxylic acids is 1. The lowest BCUT2D eigenvalue weighted by atomic mass is 10.3. The molecule has 1 aliphatic rings. The van der Waals surface area contributed by atoms with E-state index in [9.17, 15) is 4.79 Å². The van der Waals surface area contributed by atoms with Crippen molar-refractivity contribution in [3.8, 4) is 0 Å². The van der Waals surface area contributed by atoms with Gasteiger partial charge in [0.1, 0.15) is 5.69 Å². The van der Waals surface area contributed by atoms with Crippen LogP contribution in [0, 0.1) is 0 Å². The molecular formula is C13H20BrN3O2. The normalized spacial score (nSPS) is 19.7.